The summed E-state index contributed by atoms with van der Waals surface area (Å²) in [5, 5.41) is 4.05. The molecule has 0 aromatic heterocycles. The third-order valence-electron chi connectivity index (χ3n) is 2.51. The summed E-state index contributed by atoms with van der Waals surface area (Å²) in [5.41, 5.74) is 1.62. The van der Waals surface area contributed by atoms with E-state index in [9.17, 15) is 14.4 Å². The molecule has 5 nitrogen and oxygen atoms in total. The van der Waals surface area contributed by atoms with E-state index in [2.05, 4.69) is 0 Å². The molecule has 1 aromatic carbocycles. The quantitative estimate of drug-likeness (QED) is 0.620. The van der Waals surface area contributed by atoms with Crippen molar-refractivity contribution in [2.24, 2.45) is 0 Å². The molecule has 0 saturated carbocycles. The molecule has 1 fully saturated rings. The van der Waals surface area contributed by atoms with E-state index < -0.39 is 17.8 Å². The first-order valence-corrected chi connectivity index (χ1v) is 5.68. The number of carbonyl (C=O) groups is 3. The fraction of sp³-hybridized carbons (Fsp3) is 0.0714. The lowest BCUT2D eigenvalue weighted by Crippen LogP contribution is -2.51. The van der Waals surface area contributed by atoms with E-state index in [4.69, 9.17) is 0 Å². The number of benzene rings is 1. The first-order valence-electron chi connectivity index (χ1n) is 5.68. The molecule has 1 aliphatic heterocycles. The average Bonchev–Trinajstić information content (AvgIpc) is 2.35. The molecule has 1 aromatic rings. The van der Waals surface area contributed by atoms with E-state index in [1.165, 1.54) is 6.08 Å². The van der Waals surface area contributed by atoms with Crippen LogP contribution in [-0.4, -0.2) is 17.8 Å². The van der Waals surface area contributed by atoms with Crippen molar-refractivity contribution in [3.8, 4) is 0 Å². The minimum atomic E-state index is -0.795. The monoisotopic (exact) mass is 256 g/mol. The molecule has 0 unspecified atom stereocenters. The van der Waals surface area contributed by atoms with Gasteiger partial charge in [-0.2, -0.15) is 0 Å². The molecule has 0 atom stereocenters. The highest BCUT2D eigenvalue weighted by molar-refractivity contribution is 6.29. The Morgan fingerprint density at radius 1 is 1.00 bits per heavy atom. The van der Waals surface area contributed by atoms with Gasteiger partial charge >= 0.3 is 6.03 Å². The Kier molecular flexibility index (Phi) is 3.56. The lowest BCUT2D eigenvalue weighted by atomic mass is 10.1. The highest BCUT2D eigenvalue weighted by atomic mass is 16.2. The van der Waals surface area contributed by atoms with Crippen molar-refractivity contribution in [2.75, 3.05) is 0 Å². The summed E-state index contributed by atoms with van der Waals surface area (Å²) in [6.07, 6.45) is 3.29. The van der Waals surface area contributed by atoms with Crippen LogP contribution in [0.1, 0.15) is 12.5 Å². The molecule has 0 radical (unpaired) electrons. The Balaban J connectivity index is 2.25. The molecule has 0 bridgehead atoms. The van der Waals surface area contributed by atoms with Gasteiger partial charge < -0.3 is 0 Å². The van der Waals surface area contributed by atoms with E-state index in [0.717, 1.165) is 11.1 Å². The lowest BCUT2D eigenvalue weighted by Gasteiger charge is -2.13. The van der Waals surface area contributed by atoms with Gasteiger partial charge in [0.05, 0.1) is 0 Å². The van der Waals surface area contributed by atoms with Crippen LogP contribution in [0.5, 0.6) is 0 Å². The smallest absolute Gasteiger partial charge is 0.273 e. The van der Waals surface area contributed by atoms with Crippen LogP contribution < -0.4 is 10.6 Å². The molecule has 1 aliphatic rings. The number of hydrogen-bond donors (Lipinski definition) is 2. The molecular weight excluding hydrogens is 244 g/mol. The van der Waals surface area contributed by atoms with Gasteiger partial charge in [-0.15, -0.1) is 0 Å². The average molecular weight is 256 g/mol. The number of allylic oxidation sites excluding steroid dienone is 2. The molecule has 1 saturated heterocycles. The number of nitrogens with one attached hydrogen (secondary N) is 2. The molecule has 19 heavy (non-hydrogen) atoms. The van der Waals surface area contributed by atoms with Crippen molar-refractivity contribution in [1.29, 1.82) is 0 Å². The maximum atomic E-state index is 11.5. The molecule has 0 spiro atoms. The van der Waals surface area contributed by atoms with Crippen LogP contribution in [0, 0.1) is 0 Å². The molecule has 96 valence electrons. The van der Waals surface area contributed by atoms with Gasteiger partial charge in [-0.05, 0) is 24.1 Å². The Labute approximate surface area is 110 Å². The second-order valence-corrected chi connectivity index (χ2v) is 4.09. The molecule has 2 rings (SSSR count). The third-order valence-corrected chi connectivity index (χ3v) is 2.51. The normalized spacial score (nSPS) is 15.9. The summed E-state index contributed by atoms with van der Waals surface area (Å²) in [7, 11) is 0. The molecule has 1 heterocycles. The minimum Gasteiger partial charge on any atom is -0.273 e. The van der Waals surface area contributed by atoms with Gasteiger partial charge in [0.15, 0.2) is 0 Å². The van der Waals surface area contributed by atoms with E-state index in [1.54, 1.807) is 6.92 Å². The summed E-state index contributed by atoms with van der Waals surface area (Å²) < 4.78 is 0. The number of amides is 4. The standard InChI is InChI=1S/C14H12N2O3/c1-9(7-10-5-3-2-4-6-10)8-11-12(17)15-14(19)16-13(11)18/h2-8H,1H3,(H2,15,16,17,18,19)/b9-7+. The predicted octanol–water partition coefficient (Wildman–Crippen LogP) is 1.38. The van der Waals surface area contributed by atoms with Gasteiger partial charge in [-0.3, -0.25) is 20.2 Å². The van der Waals surface area contributed by atoms with Crippen molar-refractivity contribution in [3.05, 3.63) is 53.1 Å². The first-order chi connectivity index (χ1) is 9.06. The van der Waals surface area contributed by atoms with Crippen molar-refractivity contribution < 1.29 is 14.4 Å². The Bertz CT molecular complexity index is 578. The molecule has 5 heteroatoms. The second-order valence-electron chi connectivity index (χ2n) is 4.09. The summed E-state index contributed by atoms with van der Waals surface area (Å²) in [6.45, 7) is 1.77. The lowest BCUT2D eigenvalue weighted by molar-refractivity contribution is -0.124. The number of urea groups is 1. The van der Waals surface area contributed by atoms with E-state index >= 15 is 0 Å². The number of rotatable bonds is 2. The van der Waals surface area contributed by atoms with Gasteiger partial charge in [-0.1, -0.05) is 36.4 Å². The zero-order chi connectivity index (χ0) is 13.8. The maximum Gasteiger partial charge on any atom is 0.328 e. The van der Waals surface area contributed by atoms with E-state index in [0.29, 0.717) is 0 Å². The maximum absolute atomic E-state index is 11.5. The molecule has 0 aliphatic carbocycles. The van der Waals surface area contributed by atoms with Crippen LogP contribution >= 0.6 is 0 Å². The summed E-state index contributed by atoms with van der Waals surface area (Å²) in [6, 6.07) is 8.71. The van der Waals surface area contributed by atoms with Crippen molar-refractivity contribution in [2.45, 2.75) is 6.92 Å². The molecule has 2 N–H and O–H groups in total. The second kappa shape index (κ2) is 5.30. The van der Waals surface area contributed by atoms with E-state index in [-0.39, 0.29) is 5.57 Å². The summed E-state index contributed by atoms with van der Waals surface area (Å²) in [5.74, 6) is -1.37. The van der Waals surface area contributed by atoms with Crippen LogP contribution in [0.3, 0.4) is 0 Å². The summed E-state index contributed by atoms with van der Waals surface area (Å²) in [4.78, 5) is 33.9. The number of hydrogen-bond acceptors (Lipinski definition) is 3. The zero-order valence-electron chi connectivity index (χ0n) is 10.3. The Hall–Kier alpha value is -2.69. The van der Waals surface area contributed by atoms with Crippen LogP contribution in [0.2, 0.25) is 0 Å². The SMILES string of the molecule is C/C(C=C1C(=O)NC(=O)NC1=O)=C\c1ccccc1. The van der Waals surface area contributed by atoms with Gasteiger partial charge in [0.25, 0.3) is 11.8 Å². The largest absolute Gasteiger partial charge is 0.328 e. The fourth-order valence-electron chi connectivity index (χ4n) is 1.69. The Morgan fingerprint density at radius 3 is 2.16 bits per heavy atom. The van der Waals surface area contributed by atoms with Crippen molar-refractivity contribution in [1.82, 2.24) is 10.6 Å². The van der Waals surface area contributed by atoms with E-state index in [1.807, 2.05) is 47.0 Å². The number of imide groups is 2. The van der Waals surface area contributed by atoms with Crippen molar-refractivity contribution in [3.63, 3.8) is 0 Å². The third kappa shape index (κ3) is 3.16. The van der Waals surface area contributed by atoms with Gasteiger partial charge in [-0.25, -0.2) is 4.79 Å². The number of carbonyl (C=O) groups excluding carboxylic acids is 3. The number of barbiturate groups is 1. The summed E-state index contributed by atoms with van der Waals surface area (Å²) >= 11 is 0. The highest BCUT2D eigenvalue weighted by Gasteiger charge is 2.27. The van der Waals surface area contributed by atoms with Crippen LogP contribution in [-0.2, 0) is 9.59 Å². The zero-order valence-corrected chi connectivity index (χ0v) is 10.3. The van der Waals surface area contributed by atoms with Gasteiger partial charge in [0, 0.05) is 0 Å². The predicted molar refractivity (Wildman–Crippen MR) is 69.9 cm³/mol. The van der Waals surface area contributed by atoms with Gasteiger partial charge in [0.2, 0.25) is 0 Å². The van der Waals surface area contributed by atoms with Crippen LogP contribution in [0.4, 0.5) is 4.79 Å². The van der Waals surface area contributed by atoms with Crippen LogP contribution in [0.25, 0.3) is 6.08 Å². The first kappa shape index (κ1) is 12.8. The van der Waals surface area contributed by atoms with Crippen molar-refractivity contribution >= 4 is 23.9 Å². The molecular formula is C14H12N2O3. The van der Waals surface area contributed by atoms with Crippen LogP contribution in [0.15, 0.2) is 47.6 Å². The minimum absolute atomic E-state index is 0.0794. The highest BCUT2D eigenvalue weighted by Crippen LogP contribution is 2.10. The molecule has 4 amide bonds. The topological polar surface area (TPSA) is 75.3 Å². The Morgan fingerprint density at radius 2 is 1.58 bits per heavy atom. The van der Waals surface area contributed by atoms with Gasteiger partial charge in [0.1, 0.15) is 5.57 Å². The fourth-order valence-corrected chi connectivity index (χ4v) is 1.69.